The molecule has 3 heterocycles. The van der Waals surface area contributed by atoms with E-state index in [0.717, 1.165) is 27.7 Å². The number of aromatic nitrogens is 1. The van der Waals surface area contributed by atoms with E-state index in [1.165, 1.54) is 12.0 Å². The Morgan fingerprint density at radius 2 is 1.67 bits per heavy atom. The lowest BCUT2D eigenvalue weighted by molar-refractivity contribution is -0.139. The average molecular weight is 445 g/mol. The summed E-state index contributed by atoms with van der Waals surface area (Å²) in [6.45, 7) is 1.26. The molecule has 1 N–H and O–H groups in total. The highest BCUT2D eigenvalue weighted by Gasteiger charge is 2.29. The van der Waals surface area contributed by atoms with Crippen molar-refractivity contribution in [1.29, 1.82) is 0 Å². The molecular formula is C25H23N3O5. The van der Waals surface area contributed by atoms with Crippen molar-refractivity contribution in [3.05, 3.63) is 70.4 Å². The predicted octanol–water partition coefficient (Wildman–Crippen LogP) is 2.80. The number of amides is 3. The number of hydrogen-bond acceptors (Lipinski definition) is 5. The molecule has 2 aliphatic heterocycles. The molecular weight excluding hydrogens is 422 g/mol. The topological polar surface area (TPSA) is 99.8 Å². The number of carbonyl (C=O) groups excluding carboxylic acids is 4. The lowest BCUT2D eigenvalue weighted by atomic mass is 10.0. The van der Waals surface area contributed by atoms with Gasteiger partial charge in [0.05, 0.1) is 19.2 Å². The fourth-order valence-corrected chi connectivity index (χ4v) is 4.55. The maximum absolute atomic E-state index is 13.2. The SMILES string of the molecule is COC(=O)c1ccc2[nH]c3c(c2c1)CN(C(=O)c1ccc(CN2C(=O)CCC2=O)cc1)CC3. The fraction of sp³-hybridized carbons (Fsp3) is 0.280. The molecule has 8 nitrogen and oxygen atoms in total. The Bertz CT molecular complexity index is 1280. The molecule has 3 aromatic rings. The Hall–Kier alpha value is -3.94. The summed E-state index contributed by atoms with van der Waals surface area (Å²) in [5, 5.41) is 0.917. The Balaban J connectivity index is 1.34. The maximum atomic E-state index is 13.2. The smallest absolute Gasteiger partial charge is 0.337 e. The molecule has 3 amide bonds. The third-order valence-corrected chi connectivity index (χ3v) is 6.38. The van der Waals surface area contributed by atoms with Crippen LogP contribution >= 0.6 is 0 Å². The normalized spacial score (nSPS) is 15.8. The van der Waals surface area contributed by atoms with Gasteiger partial charge in [0.2, 0.25) is 11.8 Å². The molecule has 0 saturated carbocycles. The molecule has 0 aliphatic carbocycles. The monoisotopic (exact) mass is 445 g/mol. The van der Waals surface area contributed by atoms with E-state index in [4.69, 9.17) is 4.74 Å². The van der Waals surface area contributed by atoms with Crippen molar-refractivity contribution in [3.63, 3.8) is 0 Å². The van der Waals surface area contributed by atoms with Gasteiger partial charge in [-0.15, -0.1) is 0 Å². The average Bonchev–Trinajstić information content (AvgIpc) is 3.37. The number of methoxy groups -OCH3 is 1. The number of fused-ring (bicyclic) bond motifs is 3. The largest absolute Gasteiger partial charge is 0.465 e. The van der Waals surface area contributed by atoms with Crippen molar-refractivity contribution in [1.82, 2.24) is 14.8 Å². The second-order valence-corrected chi connectivity index (χ2v) is 8.38. The van der Waals surface area contributed by atoms with Crippen LogP contribution in [0.1, 0.15) is 50.4 Å². The number of nitrogens with zero attached hydrogens (tertiary/aromatic N) is 2. The number of H-pyrrole nitrogens is 1. The lowest BCUT2D eigenvalue weighted by Crippen LogP contribution is -2.35. The van der Waals surface area contributed by atoms with Crippen molar-refractivity contribution in [2.75, 3.05) is 13.7 Å². The molecule has 0 spiro atoms. The first-order valence-corrected chi connectivity index (χ1v) is 10.9. The minimum Gasteiger partial charge on any atom is -0.465 e. The van der Waals surface area contributed by atoms with Gasteiger partial charge in [-0.2, -0.15) is 0 Å². The minimum atomic E-state index is -0.395. The summed E-state index contributed by atoms with van der Waals surface area (Å²) in [5.41, 5.74) is 4.85. The molecule has 2 aromatic carbocycles. The van der Waals surface area contributed by atoms with E-state index in [9.17, 15) is 19.2 Å². The molecule has 0 unspecified atom stereocenters. The maximum Gasteiger partial charge on any atom is 0.337 e. The molecule has 2 aliphatic rings. The molecule has 5 rings (SSSR count). The first-order chi connectivity index (χ1) is 15.9. The van der Waals surface area contributed by atoms with Crippen LogP contribution in [-0.2, 0) is 33.8 Å². The van der Waals surface area contributed by atoms with Crippen molar-refractivity contribution >= 4 is 34.6 Å². The standard InChI is InChI=1S/C25H23N3O5/c1-33-25(32)17-6-7-20-18(12-17)19-14-27(11-10-21(19)26-20)24(31)16-4-2-15(3-5-16)13-28-22(29)8-9-23(28)30/h2-7,12,26H,8-11,13-14H2,1H3. The number of likely N-dealkylation sites (tertiary alicyclic amines) is 1. The molecule has 1 fully saturated rings. The van der Waals surface area contributed by atoms with Gasteiger partial charge in [-0.3, -0.25) is 19.3 Å². The Kier molecular flexibility index (Phi) is 5.20. The van der Waals surface area contributed by atoms with Crippen LogP contribution in [0.2, 0.25) is 0 Å². The number of carbonyl (C=O) groups is 4. The zero-order chi connectivity index (χ0) is 23.1. The van der Waals surface area contributed by atoms with E-state index >= 15 is 0 Å². The van der Waals surface area contributed by atoms with Crippen molar-refractivity contribution < 1.29 is 23.9 Å². The van der Waals surface area contributed by atoms with Gasteiger partial charge in [-0.1, -0.05) is 12.1 Å². The summed E-state index contributed by atoms with van der Waals surface area (Å²) in [7, 11) is 1.35. The van der Waals surface area contributed by atoms with E-state index in [0.29, 0.717) is 30.6 Å². The Labute approximate surface area is 190 Å². The summed E-state index contributed by atoms with van der Waals surface area (Å²) in [6, 6.07) is 12.4. The van der Waals surface area contributed by atoms with Crippen LogP contribution in [0.25, 0.3) is 10.9 Å². The first-order valence-electron chi connectivity index (χ1n) is 10.9. The molecule has 1 saturated heterocycles. The van der Waals surface area contributed by atoms with Gasteiger partial charge in [-0.05, 0) is 35.9 Å². The van der Waals surface area contributed by atoms with Crippen LogP contribution in [0.4, 0.5) is 0 Å². The number of benzene rings is 2. The number of imide groups is 1. The summed E-state index contributed by atoms with van der Waals surface area (Å²) >= 11 is 0. The third kappa shape index (κ3) is 3.77. The molecule has 168 valence electrons. The predicted molar refractivity (Wildman–Crippen MR) is 119 cm³/mol. The summed E-state index contributed by atoms with van der Waals surface area (Å²) < 4.78 is 4.83. The molecule has 0 radical (unpaired) electrons. The zero-order valence-electron chi connectivity index (χ0n) is 18.2. The van der Waals surface area contributed by atoms with Gasteiger partial charge in [0, 0.05) is 60.1 Å². The summed E-state index contributed by atoms with van der Waals surface area (Å²) in [6.07, 6.45) is 1.23. The third-order valence-electron chi connectivity index (χ3n) is 6.38. The van der Waals surface area contributed by atoms with Crippen LogP contribution in [0.3, 0.4) is 0 Å². The fourth-order valence-electron chi connectivity index (χ4n) is 4.55. The van der Waals surface area contributed by atoms with E-state index in [2.05, 4.69) is 4.98 Å². The number of esters is 1. The van der Waals surface area contributed by atoms with Crippen molar-refractivity contribution in [3.8, 4) is 0 Å². The second-order valence-electron chi connectivity index (χ2n) is 8.38. The van der Waals surface area contributed by atoms with E-state index in [-0.39, 0.29) is 37.1 Å². The highest BCUT2D eigenvalue weighted by molar-refractivity contribution is 6.02. The quantitative estimate of drug-likeness (QED) is 0.492. The van der Waals surface area contributed by atoms with E-state index in [1.807, 2.05) is 6.07 Å². The van der Waals surface area contributed by atoms with Crippen molar-refractivity contribution in [2.24, 2.45) is 0 Å². The highest BCUT2D eigenvalue weighted by Crippen LogP contribution is 2.29. The molecule has 0 atom stereocenters. The van der Waals surface area contributed by atoms with Crippen LogP contribution in [0.15, 0.2) is 42.5 Å². The highest BCUT2D eigenvalue weighted by atomic mass is 16.5. The Morgan fingerprint density at radius 1 is 0.970 bits per heavy atom. The van der Waals surface area contributed by atoms with Gasteiger partial charge in [0.1, 0.15) is 0 Å². The van der Waals surface area contributed by atoms with Gasteiger partial charge < -0.3 is 14.6 Å². The number of ether oxygens (including phenoxy) is 1. The number of aromatic amines is 1. The number of rotatable bonds is 4. The summed E-state index contributed by atoms with van der Waals surface area (Å²) in [4.78, 5) is 55.2. The minimum absolute atomic E-state index is 0.0843. The molecule has 33 heavy (non-hydrogen) atoms. The molecule has 1 aromatic heterocycles. The molecule has 0 bridgehead atoms. The van der Waals surface area contributed by atoms with Gasteiger partial charge in [0.15, 0.2) is 0 Å². The Morgan fingerprint density at radius 3 is 2.36 bits per heavy atom. The molecule has 8 heteroatoms. The van der Waals surface area contributed by atoms with Gasteiger partial charge in [-0.25, -0.2) is 4.79 Å². The van der Waals surface area contributed by atoms with Crippen LogP contribution in [0, 0.1) is 0 Å². The van der Waals surface area contributed by atoms with Crippen molar-refractivity contribution in [2.45, 2.75) is 32.4 Å². The van der Waals surface area contributed by atoms with Crippen LogP contribution in [-0.4, -0.2) is 52.1 Å². The van der Waals surface area contributed by atoms with Gasteiger partial charge in [0.25, 0.3) is 5.91 Å². The van der Waals surface area contributed by atoms with E-state index in [1.54, 1.807) is 41.3 Å². The second kappa shape index (κ2) is 8.20. The zero-order valence-corrected chi connectivity index (χ0v) is 18.2. The number of hydrogen-bond donors (Lipinski definition) is 1. The number of nitrogens with one attached hydrogen (secondary N) is 1. The van der Waals surface area contributed by atoms with Crippen LogP contribution < -0.4 is 0 Å². The van der Waals surface area contributed by atoms with E-state index < -0.39 is 5.97 Å². The summed E-state index contributed by atoms with van der Waals surface area (Å²) in [5.74, 6) is -0.788. The first kappa shape index (κ1) is 20.9. The lowest BCUT2D eigenvalue weighted by Gasteiger charge is -2.27. The van der Waals surface area contributed by atoms with Gasteiger partial charge >= 0.3 is 5.97 Å². The van der Waals surface area contributed by atoms with Crippen LogP contribution in [0.5, 0.6) is 0 Å².